The molecule has 1 aromatic rings. The summed E-state index contributed by atoms with van der Waals surface area (Å²) in [6.45, 7) is 13.0. The Morgan fingerprint density at radius 3 is 2.60 bits per heavy atom. The third-order valence-corrected chi connectivity index (χ3v) is 6.57. The summed E-state index contributed by atoms with van der Waals surface area (Å²) in [5, 5.41) is 0. The third kappa shape index (κ3) is 6.98. The van der Waals surface area contributed by atoms with Gasteiger partial charge < -0.3 is 14.5 Å². The molecule has 2 aliphatic rings. The van der Waals surface area contributed by atoms with Gasteiger partial charge >= 0.3 is 0 Å². The smallest absolute Gasteiger partial charge is 0.226 e. The third-order valence-electron chi connectivity index (χ3n) is 6.57. The van der Waals surface area contributed by atoms with Crippen LogP contribution in [0.2, 0.25) is 0 Å². The highest BCUT2D eigenvalue weighted by molar-refractivity contribution is 5.79. The lowest BCUT2D eigenvalue weighted by Gasteiger charge is -2.34. The standard InChI is InChI=1S/C25H41N3O2/c1-3-28(4-2)25(29)23-12-9-16-27(21-23)20-22-11-8-13-24(19-22)30-18-10-17-26-14-6-5-7-15-26/h8,11,13,19,23H,3-7,9-10,12,14-18,20-21H2,1-2H3. The molecule has 0 N–H and O–H groups in total. The van der Waals surface area contributed by atoms with Crippen molar-refractivity contribution in [2.45, 2.75) is 58.9 Å². The molecule has 2 saturated heterocycles. The fourth-order valence-corrected chi connectivity index (χ4v) is 4.85. The Balaban J connectivity index is 1.44. The highest BCUT2D eigenvalue weighted by Crippen LogP contribution is 2.22. The number of ether oxygens (including phenoxy) is 1. The van der Waals surface area contributed by atoms with Crippen molar-refractivity contribution < 1.29 is 9.53 Å². The Labute approximate surface area is 183 Å². The van der Waals surface area contributed by atoms with Crippen LogP contribution in [0.5, 0.6) is 5.75 Å². The van der Waals surface area contributed by atoms with E-state index in [0.29, 0.717) is 5.91 Å². The average molecular weight is 416 g/mol. The fraction of sp³-hybridized carbons (Fsp3) is 0.720. The van der Waals surface area contributed by atoms with Crippen LogP contribution in [0, 0.1) is 5.92 Å². The zero-order chi connectivity index (χ0) is 21.2. The van der Waals surface area contributed by atoms with Crippen LogP contribution in [0.1, 0.15) is 57.9 Å². The van der Waals surface area contributed by atoms with Crippen LogP contribution in [-0.2, 0) is 11.3 Å². The summed E-state index contributed by atoms with van der Waals surface area (Å²) < 4.78 is 6.04. The van der Waals surface area contributed by atoms with Gasteiger partial charge in [0.2, 0.25) is 5.91 Å². The van der Waals surface area contributed by atoms with Crippen LogP contribution >= 0.6 is 0 Å². The van der Waals surface area contributed by atoms with Gasteiger partial charge in [0, 0.05) is 32.7 Å². The van der Waals surface area contributed by atoms with Crippen LogP contribution < -0.4 is 4.74 Å². The number of carbonyl (C=O) groups is 1. The predicted octanol–water partition coefficient (Wildman–Crippen LogP) is 4.02. The molecule has 0 bridgehead atoms. The molecular weight excluding hydrogens is 374 g/mol. The minimum atomic E-state index is 0.146. The minimum Gasteiger partial charge on any atom is -0.494 e. The predicted molar refractivity (Wildman–Crippen MR) is 123 cm³/mol. The first-order chi connectivity index (χ1) is 14.7. The SMILES string of the molecule is CCN(CC)C(=O)C1CCCN(Cc2cccc(OCCCN3CCCCC3)c2)C1. The monoisotopic (exact) mass is 415 g/mol. The average Bonchev–Trinajstić information content (AvgIpc) is 2.79. The van der Waals surface area contributed by atoms with E-state index in [2.05, 4.69) is 47.9 Å². The Hall–Kier alpha value is -1.59. The van der Waals surface area contributed by atoms with E-state index in [1.807, 2.05) is 4.90 Å². The first-order valence-corrected chi connectivity index (χ1v) is 12.1. The number of likely N-dealkylation sites (tertiary alicyclic amines) is 2. The summed E-state index contributed by atoms with van der Waals surface area (Å²) >= 11 is 0. The van der Waals surface area contributed by atoms with E-state index in [9.17, 15) is 4.79 Å². The normalized spacial score (nSPS) is 20.8. The van der Waals surface area contributed by atoms with Crippen LogP contribution in [0.3, 0.4) is 0 Å². The zero-order valence-corrected chi connectivity index (χ0v) is 19.2. The van der Waals surface area contributed by atoms with E-state index in [1.165, 1.54) is 37.9 Å². The molecule has 30 heavy (non-hydrogen) atoms. The van der Waals surface area contributed by atoms with Crippen LogP contribution in [-0.4, -0.2) is 73.0 Å². The van der Waals surface area contributed by atoms with Crippen LogP contribution in [0.25, 0.3) is 0 Å². The lowest BCUT2D eigenvalue weighted by Crippen LogP contribution is -2.44. The van der Waals surface area contributed by atoms with Crippen molar-refractivity contribution in [3.05, 3.63) is 29.8 Å². The van der Waals surface area contributed by atoms with Crippen molar-refractivity contribution in [1.29, 1.82) is 0 Å². The molecule has 0 aliphatic carbocycles. The first-order valence-electron chi connectivity index (χ1n) is 12.1. The van der Waals surface area contributed by atoms with Gasteiger partial charge in [-0.15, -0.1) is 0 Å². The van der Waals surface area contributed by atoms with Crippen molar-refractivity contribution in [2.24, 2.45) is 5.92 Å². The molecule has 0 radical (unpaired) electrons. The van der Waals surface area contributed by atoms with E-state index >= 15 is 0 Å². The van der Waals surface area contributed by atoms with Gasteiger partial charge in [0.25, 0.3) is 0 Å². The summed E-state index contributed by atoms with van der Waals surface area (Å²) in [4.78, 5) is 19.7. The Morgan fingerprint density at radius 2 is 1.83 bits per heavy atom. The van der Waals surface area contributed by atoms with Crippen molar-refractivity contribution >= 4 is 5.91 Å². The molecule has 1 aromatic carbocycles. The van der Waals surface area contributed by atoms with Crippen molar-refractivity contribution in [3.8, 4) is 5.75 Å². The van der Waals surface area contributed by atoms with Crippen LogP contribution in [0.4, 0.5) is 0 Å². The number of piperidine rings is 2. The summed E-state index contributed by atoms with van der Waals surface area (Å²) in [6.07, 6.45) is 7.30. The molecule has 3 rings (SSSR count). The number of carbonyl (C=O) groups excluding carboxylic acids is 1. The molecule has 0 saturated carbocycles. The number of rotatable bonds is 10. The maximum absolute atomic E-state index is 12.7. The van der Waals surface area contributed by atoms with Gasteiger partial charge in [-0.25, -0.2) is 0 Å². The maximum Gasteiger partial charge on any atom is 0.226 e. The summed E-state index contributed by atoms with van der Waals surface area (Å²) in [5.74, 6) is 1.45. The molecule has 1 amide bonds. The van der Waals surface area contributed by atoms with Gasteiger partial charge in [-0.1, -0.05) is 18.6 Å². The lowest BCUT2D eigenvalue weighted by atomic mass is 9.96. The van der Waals surface area contributed by atoms with E-state index < -0.39 is 0 Å². The molecule has 1 unspecified atom stereocenters. The van der Waals surface area contributed by atoms with Gasteiger partial charge in [-0.2, -0.15) is 0 Å². The van der Waals surface area contributed by atoms with Gasteiger partial charge in [-0.3, -0.25) is 9.69 Å². The molecular formula is C25H41N3O2. The molecule has 5 heteroatoms. The van der Waals surface area contributed by atoms with E-state index in [0.717, 1.165) is 70.9 Å². The Bertz CT molecular complexity index is 641. The number of hydrogen-bond acceptors (Lipinski definition) is 4. The second-order valence-electron chi connectivity index (χ2n) is 8.84. The Morgan fingerprint density at radius 1 is 1.07 bits per heavy atom. The van der Waals surface area contributed by atoms with Gasteiger partial charge in [0.1, 0.15) is 5.75 Å². The van der Waals surface area contributed by atoms with Crippen LogP contribution in [0.15, 0.2) is 24.3 Å². The van der Waals surface area contributed by atoms with E-state index in [1.54, 1.807) is 0 Å². The number of benzene rings is 1. The first kappa shape index (κ1) is 23.1. The summed E-state index contributed by atoms with van der Waals surface area (Å²) in [5.41, 5.74) is 1.28. The molecule has 5 nitrogen and oxygen atoms in total. The lowest BCUT2D eigenvalue weighted by molar-refractivity contribution is -0.137. The Kier molecular flexibility index (Phi) is 9.47. The largest absolute Gasteiger partial charge is 0.494 e. The molecule has 2 fully saturated rings. The second kappa shape index (κ2) is 12.3. The molecule has 1 atom stereocenters. The van der Waals surface area contributed by atoms with Crippen molar-refractivity contribution in [1.82, 2.24) is 14.7 Å². The molecule has 168 valence electrons. The maximum atomic E-state index is 12.7. The number of nitrogens with zero attached hydrogens (tertiary/aromatic N) is 3. The topological polar surface area (TPSA) is 36.0 Å². The second-order valence-corrected chi connectivity index (χ2v) is 8.84. The fourth-order valence-electron chi connectivity index (χ4n) is 4.85. The zero-order valence-electron chi connectivity index (χ0n) is 19.2. The molecule has 0 aromatic heterocycles. The molecule has 2 heterocycles. The van der Waals surface area contributed by atoms with Crippen molar-refractivity contribution in [2.75, 3.05) is 52.4 Å². The highest BCUT2D eigenvalue weighted by Gasteiger charge is 2.28. The van der Waals surface area contributed by atoms with Gasteiger partial charge in [0.15, 0.2) is 0 Å². The molecule has 2 aliphatic heterocycles. The van der Waals surface area contributed by atoms with E-state index in [-0.39, 0.29) is 5.92 Å². The van der Waals surface area contributed by atoms with Crippen molar-refractivity contribution in [3.63, 3.8) is 0 Å². The van der Waals surface area contributed by atoms with Gasteiger partial charge in [0.05, 0.1) is 12.5 Å². The highest BCUT2D eigenvalue weighted by atomic mass is 16.5. The summed E-state index contributed by atoms with van der Waals surface area (Å²) in [6, 6.07) is 8.51. The van der Waals surface area contributed by atoms with E-state index in [4.69, 9.17) is 4.74 Å². The number of amides is 1. The summed E-state index contributed by atoms with van der Waals surface area (Å²) in [7, 11) is 0. The quantitative estimate of drug-likeness (QED) is 0.541. The molecule has 0 spiro atoms. The minimum absolute atomic E-state index is 0.146. The van der Waals surface area contributed by atoms with Gasteiger partial charge in [-0.05, 0) is 83.3 Å². The number of hydrogen-bond donors (Lipinski definition) is 0.